The number of piperazine rings is 1. The summed E-state index contributed by atoms with van der Waals surface area (Å²) in [5.74, 6) is 0.629. The van der Waals surface area contributed by atoms with Gasteiger partial charge in [0.1, 0.15) is 11.6 Å². The van der Waals surface area contributed by atoms with Gasteiger partial charge in [-0.15, -0.1) is 0 Å². The van der Waals surface area contributed by atoms with E-state index in [-0.39, 0.29) is 11.7 Å². The predicted molar refractivity (Wildman–Crippen MR) is 137 cm³/mol. The van der Waals surface area contributed by atoms with Crippen molar-refractivity contribution in [1.29, 1.82) is 0 Å². The molecular formula is C27H23FN4O2S. The molecule has 1 amide bonds. The lowest BCUT2D eigenvalue weighted by molar-refractivity contribution is 0.0747. The van der Waals surface area contributed by atoms with E-state index in [2.05, 4.69) is 17.0 Å². The number of hydrogen-bond acceptors (Lipinski definition) is 5. The molecule has 1 aliphatic rings. The maximum atomic E-state index is 13.3. The third kappa shape index (κ3) is 4.00. The summed E-state index contributed by atoms with van der Waals surface area (Å²) in [5, 5.41) is 0. The molecule has 6 rings (SSSR count). The first-order valence-corrected chi connectivity index (χ1v) is 12.3. The number of methoxy groups -OCH3 is 1. The van der Waals surface area contributed by atoms with Crippen molar-refractivity contribution in [2.75, 3.05) is 38.2 Å². The van der Waals surface area contributed by atoms with Crippen LogP contribution >= 0.6 is 11.3 Å². The van der Waals surface area contributed by atoms with Gasteiger partial charge in [0.2, 0.25) is 0 Å². The summed E-state index contributed by atoms with van der Waals surface area (Å²) >= 11 is 1.55. The van der Waals surface area contributed by atoms with Crippen LogP contribution < -0.4 is 9.64 Å². The molecule has 0 N–H and O–H groups in total. The summed E-state index contributed by atoms with van der Waals surface area (Å²) < 4.78 is 21.5. The Morgan fingerprint density at radius 3 is 2.43 bits per heavy atom. The lowest BCUT2D eigenvalue weighted by Gasteiger charge is -2.36. The molecule has 0 radical (unpaired) electrons. The molecule has 3 aromatic carbocycles. The topological polar surface area (TPSA) is 50.1 Å². The van der Waals surface area contributed by atoms with E-state index in [1.165, 1.54) is 12.1 Å². The van der Waals surface area contributed by atoms with Gasteiger partial charge in [0.05, 0.1) is 23.0 Å². The number of benzene rings is 3. The van der Waals surface area contributed by atoms with E-state index in [1.54, 1.807) is 30.6 Å². The molecular weight excluding hydrogens is 463 g/mol. The van der Waals surface area contributed by atoms with Crippen LogP contribution in [0.25, 0.3) is 26.4 Å². The first kappa shape index (κ1) is 21.6. The summed E-state index contributed by atoms with van der Waals surface area (Å²) in [7, 11) is 1.66. The molecule has 0 spiro atoms. The Bertz CT molecular complexity index is 1520. The molecule has 35 heavy (non-hydrogen) atoms. The van der Waals surface area contributed by atoms with Gasteiger partial charge < -0.3 is 14.5 Å². The zero-order chi connectivity index (χ0) is 23.9. The fourth-order valence-corrected chi connectivity index (χ4v) is 5.58. The molecule has 0 atom stereocenters. The molecule has 1 saturated heterocycles. The molecule has 0 unspecified atom stereocenters. The summed E-state index contributed by atoms with van der Waals surface area (Å²) in [4.78, 5) is 23.0. The molecule has 0 bridgehead atoms. The van der Waals surface area contributed by atoms with Crippen LogP contribution in [0.1, 0.15) is 10.4 Å². The second kappa shape index (κ2) is 8.70. The summed E-state index contributed by atoms with van der Waals surface area (Å²) in [6.45, 7) is 2.94. The molecule has 1 fully saturated rings. The van der Waals surface area contributed by atoms with Gasteiger partial charge in [0.25, 0.3) is 5.91 Å². The Labute approximate surface area is 205 Å². The lowest BCUT2D eigenvalue weighted by Crippen LogP contribution is -2.48. The van der Waals surface area contributed by atoms with Crippen molar-refractivity contribution >= 4 is 38.1 Å². The van der Waals surface area contributed by atoms with Gasteiger partial charge in [0.15, 0.2) is 4.96 Å². The Hall–Kier alpha value is -3.91. The third-order valence-corrected chi connectivity index (χ3v) is 7.50. The lowest BCUT2D eigenvalue weighted by atomic mass is 10.1. The number of carbonyl (C=O) groups excluding carboxylic acids is 1. The molecule has 6 nitrogen and oxygen atoms in total. The fourth-order valence-electron chi connectivity index (χ4n) is 4.54. The van der Waals surface area contributed by atoms with Gasteiger partial charge in [-0.2, -0.15) is 0 Å². The normalized spacial score (nSPS) is 14.1. The van der Waals surface area contributed by atoms with Crippen LogP contribution in [-0.2, 0) is 0 Å². The maximum Gasteiger partial charge on any atom is 0.254 e. The number of hydrogen-bond donors (Lipinski definition) is 0. The highest BCUT2D eigenvalue weighted by Crippen LogP contribution is 2.31. The Balaban J connectivity index is 1.18. The van der Waals surface area contributed by atoms with Crippen molar-refractivity contribution < 1.29 is 13.9 Å². The van der Waals surface area contributed by atoms with Gasteiger partial charge >= 0.3 is 0 Å². The standard InChI is InChI=1S/C27H23FN4O2S/c1-34-22-9-7-21(8-10-22)30-12-14-31(15-13-30)26(33)19-4-11-24-25(16-19)35-27-29-23(17-32(24)27)18-2-5-20(28)6-3-18/h2-11,16-17H,12-15H2,1H3. The van der Waals surface area contributed by atoms with Crippen LogP contribution in [0.5, 0.6) is 5.75 Å². The highest BCUT2D eigenvalue weighted by molar-refractivity contribution is 7.23. The average Bonchev–Trinajstić information content (AvgIpc) is 3.46. The zero-order valence-corrected chi connectivity index (χ0v) is 20.0. The number of nitrogens with zero attached hydrogens (tertiary/aromatic N) is 4. The van der Waals surface area contributed by atoms with E-state index in [0.29, 0.717) is 18.7 Å². The molecule has 5 aromatic rings. The van der Waals surface area contributed by atoms with Crippen LogP contribution in [0.4, 0.5) is 10.1 Å². The van der Waals surface area contributed by atoms with Crippen molar-refractivity contribution in [3.05, 3.63) is 84.3 Å². The first-order chi connectivity index (χ1) is 17.1. The predicted octanol–water partition coefficient (Wildman–Crippen LogP) is 5.33. The molecule has 3 heterocycles. The van der Waals surface area contributed by atoms with Crippen molar-refractivity contribution in [2.24, 2.45) is 0 Å². The fraction of sp³-hybridized carbons (Fsp3) is 0.185. The number of halogens is 1. The Morgan fingerprint density at radius 1 is 0.971 bits per heavy atom. The highest BCUT2D eigenvalue weighted by atomic mass is 32.1. The van der Waals surface area contributed by atoms with Crippen LogP contribution in [0, 0.1) is 5.82 Å². The summed E-state index contributed by atoms with van der Waals surface area (Å²) in [6.07, 6.45) is 1.96. The highest BCUT2D eigenvalue weighted by Gasteiger charge is 2.23. The van der Waals surface area contributed by atoms with Crippen molar-refractivity contribution in [2.45, 2.75) is 0 Å². The number of ether oxygens (including phenoxy) is 1. The van der Waals surface area contributed by atoms with Crippen molar-refractivity contribution in [3.8, 4) is 17.0 Å². The third-order valence-electron chi connectivity index (χ3n) is 6.49. The summed E-state index contributed by atoms with van der Waals surface area (Å²) in [5.41, 5.74) is 4.51. The van der Waals surface area contributed by atoms with E-state index in [4.69, 9.17) is 9.72 Å². The van der Waals surface area contributed by atoms with Gasteiger partial charge in [-0.3, -0.25) is 9.20 Å². The molecule has 0 saturated carbocycles. The second-order valence-corrected chi connectivity index (χ2v) is 9.56. The van der Waals surface area contributed by atoms with Crippen molar-refractivity contribution in [3.63, 3.8) is 0 Å². The monoisotopic (exact) mass is 486 g/mol. The summed E-state index contributed by atoms with van der Waals surface area (Å²) in [6, 6.07) is 20.2. The Kier molecular flexibility index (Phi) is 5.37. The number of rotatable bonds is 4. The van der Waals surface area contributed by atoms with E-state index in [1.807, 2.05) is 45.8 Å². The molecule has 0 aliphatic carbocycles. The van der Waals surface area contributed by atoms with Gasteiger partial charge in [-0.1, -0.05) is 11.3 Å². The van der Waals surface area contributed by atoms with E-state index < -0.39 is 0 Å². The quantitative estimate of drug-likeness (QED) is 0.345. The molecule has 1 aliphatic heterocycles. The average molecular weight is 487 g/mol. The maximum absolute atomic E-state index is 13.3. The van der Waals surface area contributed by atoms with Crippen LogP contribution in [0.3, 0.4) is 0 Å². The number of carbonyl (C=O) groups is 1. The molecule has 176 valence electrons. The van der Waals surface area contributed by atoms with E-state index in [0.717, 1.165) is 51.0 Å². The number of amides is 1. The smallest absolute Gasteiger partial charge is 0.254 e. The van der Waals surface area contributed by atoms with Gasteiger partial charge in [-0.05, 0) is 66.7 Å². The molecule has 2 aromatic heterocycles. The number of anilines is 1. The van der Waals surface area contributed by atoms with E-state index in [9.17, 15) is 9.18 Å². The second-order valence-electron chi connectivity index (χ2n) is 8.55. The van der Waals surface area contributed by atoms with Crippen LogP contribution in [0.15, 0.2) is 72.9 Å². The minimum atomic E-state index is -0.264. The zero-order valence-electron chi connectivity index (χ0n) is 19.1. The Morgan fingerprint density at radius 2 is 1.71 bits per heavy atom. The van der Waals surface area contributed by atoms with Crippen LogP contribution in [-0.4, -0.2) is 53.5 Å². The van der Waals surface area contributed by atoms with Crippen molar-refractivity contribution in [1.82, 2.24) is 14.3 Å². The minimum Gasteiger partial charge on any atom is -0.497 e. The number of imidazole rings is 1. The van der Waals surface area contributed by atoms with Gasteiger partial charge in [-0.25, -0.2) is 9.37 Å². The van der Waals surface area contributed by atoms with Gasteiger partial charge in [0, 0.05) is 49.2 Å². The van der Waals surface area contributed by atoms with Crippen LogP contribution in [0.2, 0.25) is 0 Å². The largest absolute Gasteiger partial charge is 0.497 e. The number of fused-ring (bicyclic) bond motifs is 3. The minimum absolute atomic E-state index is 0.0549. The number of thiazole rings is 1. The van der Waals surface area contributed by atoms with E-state index >= 15 is 0 Å². The first-order valence-electron chi connectivity index (χ1n) is 11.4. The SMILES string of the molecule is COc1ccc(N2CCN(C(=O)c3ccc4c(c3)sc3nc(-c5ccc(F)cc5)cn34)CC2)cc1. The molecule has 8 heteroatoms. The number of aromatic nitrogens is 2.